The zero-order valence-corrected chi connectivity index (χ0v) is 14.7. The summed E-state index contributed by atoms with van der Waals surface area (Å²) in [6, 6.07) is 7.40. The number of pyridine rings is 1. The van der Waals surface area contributed by atoms with Crippen LogP contribution in [0.2, 0.25) is 0 Å². The summed E-state index contributed by atoms with van der Waals surface area (Å²) in [6.45, 7) is 1.72. The van der Waals surface area contributed by atoms with Crippen molar-refractivity contribution in [3.8, 4) is 22.8 Å². The number of hydrogen-bond acceptors (Lipinski definition) is 7. The molecule has 1 aliphatic heterocycles. The van der Waals surface area contributed by atoms with Gasteiger partial charge in [0.05, 0.1) is 6.04 Å². The van der Waals surface area contributed by atoms with Crippen LogP contribution in [0.5, 0.6) is 11.5 Å². The SMILES string of the molecule is CC(NC(=O)c1ccc2c(c1)OCO2)c1onc(-c2cccnc2)c1C(=O)O. The minimum atomic E-state index is -1.21. The van der Waals surface area contributed by atoms with Crippen molar-refractivity contribution in [2.75, 3.05) is 6.79 Å². The van der Waals surface area contributed by atoms with E-state index in [-0.39, 0.29) is 23.8 Å². The molecular weight excluding hydrogens is 366 g/mol. The number of aromatic nitrogens is 2. The summed E-state index contributed by atoms with van der Waals surface area (Å²) in [5.41, 5.74) is 0.885. The van der Waals surface area contributed by atoms with Crippen molar-refractivity contribution < 1.29 is 28.7 Å². The van der Waals surface area contributed by atoms with Gasteiger partial charge in [0.25, 0.3) is 5.91 Å². The van der Waals surface area contributed by atoms with Crippen molar-refractivity contribution in [1.82, 2.24) is 15.5 Å². The largest absolute Gasteiger partial charge is 0.477 e. The van der Waals surface area contributed by atoms with E-state index in [1.807, 2.05) is 0 Å². The van der Waals surface area contributed by atoms with Gasteiger partial charge in [0.15, 0.2) is 17.3 Å². The van der Waals surface area contributed by atoms with Crippen LogP contribution in [0.4, 0.5) is 0 Å². The van der Waals surface area contributed by atoms with Crippen molar-refractivity contribution in [2.24, 2.45) is 0 Å². The van der Waals surface area contributed by atoms with Gasteiger partial charge in [-0.3, -0.25) is 9.78 Å². The smallest absolute Gasteiger partial charge is 0.341 e. The highest BCUT2D eigenvalue weighted by Gasteiger charge is 2.28. The van der Waals surface area contributed by atoms with Crippen molar-refractivity contribution in [2.45, 2.75) is 13.0 Å². The predicted octanol–water partition coefficient (Wildman–Crippen LogP) is 2.65. The molecule has 0 fully saturated rings. The Morgan fingerprint density at radius 3 is 2.79 bits per heavy atom. The Morgan fingerprint density at radius 1 is 1.21 bits per heavy atom. The number of fused-ring (bicyclic) bond motifs is 1. The third-order valence-electron chi connectivity index (χ3n) is 4.24. The molecule has 1 aliphatic rings. The number of hydrogen-bond donors (Lipinski definition) is 2. The fourth-order valence-electron chi connectivity index (χ4n) is 2.89. The molecule has 0 radical (unpaired) electrons. The van der Waals surface area contributed by atoms with Crippen LogP contribution in [0.1, 0.15) is 39.4 Å². The molecule has 3 heterocycles. The van der Waals surface area contributed by atoms with E-state index >= 15 is 0 Å². The maximum Gasteiger partial charge on any atom is 0.341 e. The minimum absolute atomic E-state index is 0.0421. The molecule has 0 aliphatic carbocycles. The second-order valence-electron chi connectivity index (χ2n) is 6.08. The molecule has 0 spiro atoms. The zero-order chi connectivity index (χ0) is 19.7. The summed E-state index contributed by atoms with van der Waals surface area (Å²) < 4.78 is 15.8. The van der Waals surface area contributed by atoms with Gasteiger partial charge in [-0.2, -0.15) is 0 Å². The first-order valence-electron chi connectivity index (χ1n) is 8.38. The molecule has 0 saturated heterocycles. The third-order valence-corrected chi connectivity index (χ3v) is 4.24. The molecular formula is C19H15N3O6. The second kappa shape index (κ2) is 7.03. The topological polar surface area (TPSA) is 124 Å². The predicted molar refractivity (Wildman–Crippen MR) is 95.1 cm³/mol. The van der Waals surface area contributed by atoms with E-state index in [0.717, 1.165) is 0 Å². The molecule has 2 N–H and O–H groups in total. The number of amides is 1. The molecule has 1 aromatic carbocycles. The zero-order valence-electron chi connectivity index (χ0n) is 14.7. The first-order chi connectivity index (χ1) is 13.5. The summed E-state index contributed by atoms with van der Waals surface area (Å²) >= 11 is 0. The number of ether oxygens (including phenoxy) is 2. The first-order valence-corrected chi connectivity index (χ1v) is 8.38. The number of carbonyl (C=O) groups excluding carboxylic acids is 1. The molecule has 9 heteroatoms. The maximum absolute atomic E-state index is 12.6. The number of nitrogens with one attached hydrogen (secondary N) is 1. The fourth-order valence-corrected chi connectivity index (χ4v) is 2.89. The van der Waals surface area contributed by atoms with Gasteiger partial charge < -0.3 is 24.4 Å². The first kappa shape index (κ1) is 17.5. The standard InChI is InChI=1S/C19H15N3O6/c1-10(21-18(23)11-4-5-13-14(7-11)27-9-26-13)17-15(19(24)25)16(22-28-17)12-3-2-6-20-8-12/h2-8,10H,9H2,1H3,(H,21,23)(H,24,25). The summed E-state index contributed by atoms with van der Waals surface area (Å²) in [4.78, 5) is 28.3. The number of carboxylic acids is 1. The van der Waals surface area contributed by atoms with Gasteiger partial charge in [0.1, 0.15) is 11.3 Å². The highest BCUT2D eigenvalue weighted by Crippen LogP contribution is 2.33. The van der Waals surface area contributed by atoms with Crippen LogP contribution in [-0.2, 0) is 0 Å². The Morgan fingerprint density at radius 2 is 2.04 bits per heavy atom. The molecule has 2 aromatic heterocycles. The maximum atomic E-state index is 12.6. The number of carboxylic acid groups (broad SMARTS) is 1. The Hall–Kier alpha value is -3.88. The summed E-state index contributed by atoms with van der Waals surface area (Å²) in [5.74, 6) is -0.541. The highest BCUT2D eigenvalue weighted by atomic mass is 16.7. The van der Waals surface area contributed by atoms with E-state index in [4.69, 9.17) is 14.0 Å². The van der Waals surface area contributed by atoms with Gasteiger partial charge in [-0.1, -0.05) is 5.16 Å². The monoisotopic (exact) mass is 381 g/mol. The molecule has 1 amide bonds. The van der Waals surface area contributed by atoms with E-state index in [1.165, 1.54) is 6.20 Å². The molecule has 0 saturated carbocycles. The lowest BCUT2D eigenvalue weighted by atomic mass is 10.0. The minimum Gasteiger partial charge on any atom is -0.477 e. The lowest BCUT2D eigenvalue weighted by Crippen LogP contribution is -2.27. The van der Waals surface area contributed by atoms with Gasteiger partial charge in [-0.15, -0.1) is 0 Å². The number of nitrogens with zero attached hydrogens (tertiary/aromatic N) is 2. The van der Waals surface area contributed by atoms with Crippen LogP contribution >= 0.6 is 0 Å². The van der Waals surface area contributed by atoms with Gasteiger partial charge >= 0.3 is 5.97 Å². The molecule has 28 heavy (non-hydrogen) atoms. The Bertz CT molecular complexity index is 1050. The van der Waals surface area contributed by atoms with Crippen LogP contribution in [0.15, 0.2) is 47.2 Å². The number of aromatic carboxylic acids is 1. The Balaban J connectivity index is 1.60. The van der Waals surface area contributed by atoms with Crippen molar-refractivity contribution >= 4 is 11.9 Å². The number of benzene rings is 1. The van der Waals surface area contributed by atoms with Crippen LogP contribution < -0.4 is 14.8 Å². The quantitative estimate of drug-likeness (QED) is 0.691. The second-order valence-corrected chi connectivity index (χ2v) is 6.08. The highest BCUT2D eigenvalue weighted by molar-refractivity contribution is 5.97. The molecule has 1 atom stereocenters. The van der Waals surface area contributed by atoms with E-state index in [2.05, 4.69) is 15.5 Å². The van der Waals surface area contributed by atoms with Crippen LogP contribution in [-0.4, -0.2) is 33.9 Å². The lowest BCUT2D eigenvalue weighted by Gasteiger charge is -2.12. The van der Waals surface area contributed by atoms with Crippen molar-refractivity contribution in [1.29, 1.82) is 0 Å². The average molecular weight is 381 g/mol. The molecule has 9 nitrogen and oxygen atoms in total. The van der Waals surface area contributed by atoms with Gasteiger partial charge in [-0.25, -0.2) is 4.79 Å². The molecule has 142 valence electrons. The number of rotatable bonds is 5. The van der Waals surface area contributed by atoms with Crippen LogP contribution in [0.25, 0.3) is 11.3 Å². The molecule has 1 unspecified atom stereocenters. The summed E-state index contributed by atoms with van der Waals surface area (Å²) in [5, 5.41) is 16.2. The van der Waals surface area contributed by atoms with E-state index < -0.39 is 17.9 Å². The molecule has 4 rings (SSSR count). The van der Waals surface area contributed by atoms with Crippen LogP contribution in [0.3, 0.4) is 0 Å². The molecule has 0 bridgehead atoms. The summed E-state index contributed by atoms with van der Waals surface area (Å²) in [6.07, 6.45) is 3.06. The number of carbonyl (C=O) groups is 2. The van der Waals surface area contributed by atoms with E-state index in [1.54, 1.807) is 43.5 Å². The Labute approximate surface area is 158 Å². The normalized spacial score (nSPS) is 13.2. The third kappa shape index (κ3) is 3.13. The average Bonchev–Trinajstić information content (AvgIpc) is 3.35. The lowest BCUT2D eigenvalue weighted by molar-refractivity contribution is 0.0692. The fraction of sp³-hybridized carbons (Fsp3) is 0.158. The van der Waals surface area contributed by atoms with Crippen molar-refractivity contribution in [3.05, 3.63) is 59.6 Å². The van der Waals surface area contributed by atoms with Crippen molar-refractivity contribution in [3.63, 3.8) is 0 Å². The van der Waals surface area contributed by atoms with E-state index in [0.29, 0.717) is 22.6 Å². The summed E-state index contributed by atoms with van der Waals surface area (Å²) in [7, 11) is 0. The van der Waals surface area contributed by atoms with Gasteiger partial charge in [0, 0.05) is 23.5 Å². The van der Waals surface area contributed by atoms with Crippen LogP contribution in [0, 0.1) is 0 Å². The van der Waals surface area contributed by atoms with Gasteiger partial charge in [-0.05, 0) is 37.3 Å². The molecule has 3 aromatic rings. The van der Waals surface area contributed by atoms with Gasteiger partial charge in [0.2, 0.25) is 6.79 Å². The van der Waals surface area contributed by atoms with E-state index in [9.17, 15) is 14.7 Å². The Kier molecular flexibility index (Phi) is 4.40.